The first kappa shape index (κ1) is 26.9. The van der Waals surface area contributed by atoms with Gasteiger partial charge >= 0.3 is 12.2 Å². The summed E-state index contributed by atoms with van der Waals surface area (Å²) in [6.07, 6.45) is -1.54. The normalized spacial score (nSPS) is 17.1. The Morgan fingerprint density at radius 2 is 1.63 bits per heavy atom. The molecule has 3 aromatic carbocycles. The molecule has 0 saturated carbocycles. The van der Waals surface area contributed by atoms with Crippen molar-refractivity contribution in [2.45, 2.75) is 32.6 Å². The second-order valence-corrected chi connectivity index (χ2v) is 9.18. The third-order valence-corrected chi connectivity index (χ3v) is 6.48. The fourth-order valence-corrected chi connectivity index (χ4v) is 4.50. The molecule has 0 unspecified atom stereocenters. The van der Waals surface area contributed by atoms with Crippen molar-refractivity contribution in [1.82, 2.24) is 9.80 Å². The number of carbonyl (C=O) groups excluding carboxylic acids is 2. The highest BCUT2D eigenvalue weighted by atomic mass is 19.4. The van der Waals surface area contributed by atoms with E-state index in [-0.39, 0.29) is 25.2 Å². The summed E-state index contributed by atoms with van der Waals surface area (Å²) in [5.41, 5.74) is 1.95. The van der Waals surface area contributed by atoms with E-state index >= 15 is 0 Å². The molecule has 1 aliphatic heterocycles. The number of halogens is 4. The van der Waals surface area contributed by atoms with Crippen molar-refractivity contribution in [2.75, 3.05) is 18.4 Å². The van der Waals surface area contributed by atoms with Gasteiger partial charge in [0.15, 0.2) is 0 Å². The number of aryl methyl sites for hydroxylation is 2. The van der Waals surface area contributed by atoms with E-state index in [1.165, 1.54) is 58.3 Å². The van der Waals surface area contributed by atoms with Crippen LogP contribution < -0.4 is 5.32 Å². The minimum atomic E-state index is -4.63. The maximum absolute atomic E-state index is 13.9. The number of rotatable bonds is 4. The van der Waals surface area contributed by atoms with E-state index in [2.05, 4.69) is 5.32 Å². The van der Waals surface area contributed by atoms with Gasteiger partial charge in [0, 0.05) is 18.8 Å². The Labute approximate surface area is 218 Å². The summed E-state index contributed by atoms with van der Waals surface area (Å²) >= 11 is 0. The number of hydrogen-bond acceptors (Lipinski definition) is 2. The lowest BCUT2D eigenvalue weighted by Gasteiger charge is -2.35. The number of nitrogens with one attached hydrogen (secondary N) is 1. The summed E-state index contributed by atoms with van der Waals surface area (Å²) in [5.74, 6) is -1.02. The number of urea groups is 1. The second-order valence-electron chi connectivity index (χ2n) is 9.18. The van der Waals surface area contributed by atoms with Gasteiger partial charge in [0.2, 0.25) is 5.91 Å². The molecular formula is C29H27F4N3O2. The molecule has 1 aliphatic rings. The van der Waals surface area contributed by atoms with Crippen molar-refractivity contribution in [1.29, 1.82) is 0 Å². The van der Waals surface area contributed by atoms with E-state index in [1.807, 2.05) is 32.0 Å². The number of carbonyl (C=O) groups is 2. The zero-order chi connectivity index (χ0) is 27.4. The zero-order valence-electron chi connectivity index (χ0n) is 20.9. The van der Waals surface area contributed by atoms with Crippen molar-refractivity contribution in [2.24, 2.45) is 0 Å². The predicted molar refractivity (Wildman–Crippen MR) is 137 cm³/mol. The fraction of sp³-hybridized carbons (Fsp3) is 0.241. The average Bonchev–Trinajstić information content (AvgIpc) is 2.86. The molecule has 9 heteroatoms. The summed E-state index contributed by atoms with van der Waals surface area (Å²) in [6, 6.07) is 14.5. The first-order valence-electron chi connectivity index (χ1n) is 12.0. The Hall–Kier alpha value is -4.14. The minimum Gasteiger partial charge on any atom is -0.326 e. The van der Waals surface area contributed by atoms with Crippen LogP contribution in [-0.2, 0) is 17.5 Å². The van der Waals surface area contributed by atoms with E-state index in [1.54, 1.807) is 6.08 Å². The maximum atomic E-state index is 13.9. The van der Waals surface area contributed by atoms with Crippen LogP contribution in [0.5, 0.6) is 0 Å². The standard InChI is InChI=1S/C29H27F4N3O2/c1-19-7-5-8-20(2)27(19)34-28(38)35-16-6-11-25(23-9-3-4-10-24(23)29(31,32)33)36(26(37)18-35)17-21-12-14-22(30)15-13-21/h3-15,25H,16-18H2,1-2H3,(H,34,38)/b11-6-/t25-/m0/s1. The van der Waals surface area contributed by atoms with Crippen LogP contribution >= 0.6 is 0 Å². The van der Waals surface area contributed by atoms with Gasteiger partial charge in [0.1, 0.15) is 12.4 Å². The minimum absolute atomic E-state index is 0.0254. The summed E-state index contributed by atoms with van der Waals surface area (Å²) in [6.45, 7) is 3.31. The average molecular weight is 526 g/mol. The van der Waals surface area contributed by atoms with Gasteiger partial charge in [-0.15, -0.1) is 0 Å². The first-order chi connectivity index (χ1) is 18.0. The van der Waals surface area contributed by atoms with Crippen LogP contribution in [0.4, 0.5) is 28.0 Å². The van der Waals surface area contributed by atoms with Crippen LogP contribution in [0.2, 0.25) is 0 Å². The molecule has 5 nitrogen and oxygen atoms in total. The molecule has 4 rings (SSSR count). The molecule has 1 atom stereocenters. The van der Waals surface area contributed by atoms with Crippen LogP contribution in [0.3, 0.4) is 0 Å². The van der Waals surface area contributed by atoms with Gasteiger partial charge in [0.05, 0.1) is 11.6 Å². The highest BCUT2D eigenvalue weighted by Gasteiger charge is 2.37. The Balaban J connectivity index is 1.70. The third kappa shape index (κ3) is 6.04. The van der Waals surface area contributed by atoms with E-state index in [0.29, 0.717) is 11.3 Å². The molecule has 1 heterocycles. The Bertz CT molecular complexity index is 1330. The number of benzene rings is 3. The Morgan fingerprint density at radius 3 is 2.29 bits per heavy atom. The van der Waals surface area contributed by atoms with Gasteiger partial charge < -0.3 is 15.1 Å². The fourth-order valence-electron chi connectivity index (χ4n) is 4.50. The number of para-hydroxylation sites is 1. The highest BCUT2D eigenvalue weighted by Crippen LogP contribution is 2.38. The van der Waals surface area contributed by atoms with E-state index in [4.69, 9.17) is 0 Å². The second kappa shape index (κ2) is 11.1. The van der Waals surface area contributed by atoms with Crippen molar-refractivity contribution < 1.29 is 27.2 Å². The summed E-state index contributed by atoms with van der Waals surface area (Å²) < 4.78 is 55.2. The largest absolute Gasteiger partial charge is 0.416 e. The Morgan fingerprint density at radius 1 is 0.974 bits per heavy atom. The number of amides is 3. The molecule has 0 aromatic heterocycles. The molecule has 3 aromatic rings. The summed E-state index contributed by atoms with van der Waals surface area (Å²) in [5, 5.41) is 2.85. The molecule has 38 heavy (non-hydrogen) atoms. The molecule has 0 saturated heterocycles. The predicted octanol–water partition coefficient (Wildman–Crippen LogP) is 6.64. The van der Waals surface area contributed by atoms with Gasteiger partial charge in [0.25, 0.3) is 0 Å². The first-order valence-corrected chi connectivity index (χ1v) is 12.0. The zero-order valence-corrected chi connectivity index (χ0v) is 20.9. The summed E-state index contributed by atoms with van der Waals surface area (Å²) in [4.78, 5) is 29.3. The van der Waals surface area contributed by atoms with Crippen molar-refractivity contribution >= 4 is 17.6 Å². The quantitative estimate of drug-likeness (QED) is 0.307. The van der Waals surface area contributed by atoms with Crippen molar-refractivity contribution in [3.8, 4) is 0 Å². The lowest BCUT2D eigenvalue weighted by molar-refractivity contribution is -0.141. The molecule has 198 valence electrons. The molecule has 0 bridgehead atoms. The number of nitrogens with zero attached hydrogens (tertiary/aromatic N) is 2. The highest BCUT2D eigenvalue weighted by molar-refractivity contribution is 5.94. The van der Waals surface area contributed by atoms with Crippen LogP contribution in [0, 0.1) is 19.7 Å². The molecule has 0 radical (unpaired) electrons. The lowest BCUT2D eigenvalue weighted by Crippen LogP contribution is -2.46. The Kier molecular flexibility index (Phi) is 7.85. The van der Waals surface area contributed by atoms with E-state index in [9.17, 15) is 27.2 Å². The molecule has 1 N–H and O–H groups in total. The molecular weight excluding hydrogens is 498 g/mol. The number of alkyl halides is 3. The van der Waals surface area contributed by atoms with Crippen LogP contribution in [0.1, 0.15) is 33.9 Å². The van der Waals surface area contributed by atoms with Gasteiger partial charge in [-0.3, -0.25) is 4.79 Å². The topological polar surface area (TPSA) is 52.7 Å². The van der Waals surface area contributed by atoms with Crippen molar-refractivity contribution in [3.05, 3.63) is 113 Å². The SMILES string of the molecule is Cc1cccc(C)c1NC(=O)N1C/C=C\[C@@H](c2ccccc2C(F)(F)F)N(Cc2ccc(F)cc2)C(=O)C1. The monoisotopic (exact) mass is 525 g/mol. The summed E-state index contributed by atoms with van der Waals surface area (Å²) in [7, 11) is 0. The molecule has 0 aliphatic carbocycles. The van der Waals surface area contributed by atoms with Gasteiger partial charge in [-0.25, -0.2) is 9.18 Å². The van der Waals surface area contributed by atoms with E-state index < -0.39 is 35.5 Å². The van der Waals surface area contributed by atoms with Crippen molar-refractivity contribution in [3.63, 3.8) is 0 Å². The van der Waals surface area contributed by atoms with E-state index in [0.717, 1.165) is 17.2 Å². The van der Waals surface area contributed by atoms with Gasteiger partial charge in [-0.2, -0.15) is 13.2 Å². The molecule has 0 spiro atoms. The number of anilines is 1. The van der Waals surface area contributed by atoms with Crippen LogP contribution in [-0.4, -0.2) is 34.8 Å². The van der Waals surface area contributed by atoms with Crippen LogP contribution in [0.15, 0.2) is 78.9 Å². The lowest BCUT2D eigenvalue weighted by atomic mass is 9.96. The number of hydrogen-bond donors (Lipinski definition) is 1. The smallest absolute Gasteiger partial charge is 0.326 e. The van der Waals surface area contributed by atoms with Gasteiger partial charge in [-0.05, 0) is 54.3 Å². The molecule has 0 fully saturated rings. The van der Waals surface area contributed by atoms with Gasteiger partial charge in [-0.1, -0.05) is 60.7 Å². The van der Waals surface area contributed by atoms with Crippen LogP contribution in [0.25, 0.3) is 0 Å². The maximum Gasteiger partial charge on any atom is 0.416 e. The third-order valence-electron chi connectivity index (χ3n) is 6.48. The molecule has 3 amide bonds.